The van der Waals surface area contributed by atoms with E-state index in [2.05, 4.69) is 63.5 Å². The van der Waals surface area contributed by atoms with E-state index in [1.165, 1.54) is 0 Å². The van der Waals surface area contributed by atoms with Crippen molar-refractivity contribution in [2.45, 2.75) is 19.9 Å². The van der Waals surface area contributed by atoms with Gasteiger partial charge < -0.3 is 19.7 Å². The zero-order valence-corrected chi connectivity index (χ0v) is 18.9. The number of hydrogen-bond acceptors (Lipinski definition) is 6. The molecule has 0 aliphatic heterocycles. The first-order chi connectivity index (χ1) is 15.6. The van der Waals surface area contributed by atoms with Crippen molar-refractivity contribution in [1.82, 2.24) is 20.5 Å². The summed E-state index contributed by atoms with van der Waals surface area (Å²) in [4.78, 5) is 6.91. The van der Waals surface area contributed by atoms with Crippen molar-refractivity contribution < 1.29 is 9.47 Å². The minimum Gasteiger partial charge on any atom is -0.497 e. The highest BCUT2D eigenvalue weighted by atomic mass is 16.5. The van der Waals surface area contributed by atoms with E-state index in [1.54, 1.807) is 20.4 Å². The second-order valence-corrected chi connectivity index (χ2v) is 7.92. The Bertz CT molecular complexity index is 1150. The van der Waals surface area contributed by atoms with Crippen molar-refractivity contribution in [2.75, 3.05) is 32.2 Å². The molecule has 2 aromatic carbocycles. The van der Waals surface area contributed by atoms with Gasteiger partial charge in [0.05, 0.1) is 25.9 Å². The molecule has 4 aromatic rings. The lowest BCUT2D eigenvalue weighted by Crippen LogP contribution is -2.32. The van der Waals surface area contributed by atoms with Crippen molar-refractivity contribution in [3.63, 3.8) is 0 Å². The van der Waals surface area contributed by atoms with Crippen LogP contribution in [0, 0.1) is 0 Å². The third kappa shape index (κ3) is 4.84. The molecule has 0 atom stereocenters. The van der Waals surface area contributed by atoms with Gasteiger partial charge >= 0.3 is 0 Å². The number of H-pyrrole nitrogens is 1. The van der Waals surface area contributed by atoms with Gasteiger partial charge in [0.15, 0.2) is 0 Å². The maximum Gasteiger partial charge on any atom is 0.124 e. The van der Waals surface area contributed by atoms with Crippen molar-refractivity contribution in [2.24, 2.45) is 0 Å². The van der Waals surface area contributed by atoms with Crippen molar-refractivity contribution in [3.05, 3.63) is 61.1 Å². The Kier molecular flexibility index (Phi) is 6.56. The van der Waals surface area contributed by atoms with E-state index in [0.29, 0.717) is 6.04 Å². The van der Waals surface area contributed by atoms with Gasteiger partial charge in [0.2, 0.25) is 0 Å². The Balaban J connectivity index is 1.76. The fourth-order valence-corrected chi connectivity index (χ4v) is 3.67. The molecular weight excluding hydrogens is 402 g/mol. The number of anilines is 2. The molecule has 2 N–H and O–H groups in total. The fourth-order valence-electron chi connectivity index (χ4n) is 3.67. The van der Waals surface area contributed by atoms with E-state index < -0.39 is 0 Å². The van der Waals surface area contributed by atoms with Crippen LogP contribution in [0.15, 0.2) is 61.1 Å². The van der Waals surface area contributed by atoms with E-state index in [0.717, 1.165) is 58.0 Å². The van der Waals surface area contributed by atoms with Crippen LogP contribution in [0.2, 0.25) is 0 Å². The molecule has 0 fully saturated rings. The molecule has 0 amide bonds. The van der Waals surface area contributed by atoms with Crippen LogP contribution in [-0.4, -0.2) is 48.5 Å². The third-order valence-electron chi connectivity index (χ3n) is 5.34. The quantitative estimate of drug-likeness (QED) is 0.397. The highest BCUT2D eigenvalue weighted by molar-refractivity contribution is 5.87. The Morgan fingerprint density at radius 1 is 0.938 bits per heavy atom. The number of ether oxygens (including phenoxy) is 2. The number of nitrogens with one attached hydrogen (secondary N) is 2. The number of aromatic amines is 1. The topological polar surface area (TPSA) is 75.3 Å². The van der Waals surface area contributed by atoms with Gasteiger partial charge in [-0.15, -0.1) is 0 Å². The van der Waals surface area contributed by atoms with Gasteiger partial charge in [-0.1, -0.05) is 13.8 Å². The zero-order valence-electron chi connectivity index (χ0n) is 18.9. The number of fused-ring (bicyclic) bond motifs is 1. The Labute approximate surface area is 188 Å². The largest absolute Gasteiger partial charge is 0.497 e. The highest BCUT2D eigenvalue weighted by Gasteiger charge is 2.14. The predicted molar refractivity (Wildman–Crippen MR) is 129 cm³/mol. The van der Waals surface area contributed by atoms with Gasteiger partial charge in [0, 0.05) is 77.6 Å². The normalized spacial score (nSPS) is 11.2. The Morgan fingerprint density at radius 3 is 2.38 bits per heavy atom. The second-order valence-electron chi connectivity index (χ2n) is 7.92. The van der Waals surface area contributed by atoms with E-state index in [4.69, 9.17) is 9.47 Å². The molecule has 0 bridgehead atoms. The standard InChI is InChI=1S/C25H29N5O2/c1-17(2)26-7-8-30(22-11-23(31-3)13-24(12-22)32-4)21-5-6-25-18(10-21)9-19(14-27-25)20-15-28-29-16-20/h5-6,9-17,26H,7-8H2,1-4H3,(H,28,29). The van der Waals surface area contributed by atoms with Gasteiger partial charge in [0.25, 0.3) is 0 Å². The van der Waals surface area contributed by atoms with Crippen LogP contribution in [0.4, 0.5) is 11.4 Å². The summed E-state index contributed by atoms with van der Waals surface area (Å²) in [5, 5.41) is 11.5. The number of rotatable bonds is 9. The molecule has 0 unspecified atom stereocenters. The average molecular weight is 432 g/mol. The Hall–Kier alpha value is -3.58. The smallest absolute Gasteiger partial charge is 0.124 e. The summed E-state index contributed by atoms with van der Waals surface area (Å²) in [6, 6.07) is 14.8. The van der Waals surface area contributed by atoms with E-state index >= 15 is 0 Å². The molecule has 166 valence electrons. The molecule has 0 aliphatic rings. The number of pyridine rings is 1. The number of methoxy groups -OCH3 is 2. The molecule has 0 saturated heterocycles. The summed E-state index contributed by atoms with van der Waals surface area (Å²) in [7, 11) is 3.34. The van der Waals surface area contributed by atoms with Crippen molar-refractivity contribution >= 4 is 22.3 Å². The first-order valence-electron chi connectivity index (χ1n) is 10.7. The maximum atomic E-state index is 5.51. The monoisotopic (exact) mass is 431 g/mol. The van der Waals surface area contributed by atoms with Crippen LogP contribution in [-0.2, 0) is 0 Å². The van der Waals surface area contributed by atoms with Crippen LogP contribution in [0.25, 0.3) is 22.0 Å². The van der Waals surface area contributed by atoms with Crippen LogP contribution < -0.4 is 19.7 Å². The van der Waals surface area contributed by atoms with Gasteiger partial charge in [-0.3, -0.25) is 10.1 Å². The molecule has 32 heavy (non-hydrogen) atoms. The second kappa shape index (κ2) is 9.70. The summed E-state index contributed by atoms with van der Waals surface area (Å²) in [6.45, 7) is 5.92. The lowest BCUT2D eigenvalue weighted by molar-refractivity contribution is 0.394. The molecule has 0 spiro atoms. The average Bonchev–Trinajstić information content (AvgIpc) is 3.35. The first-order valence-corrected chi connectivity index (χ1v) is 10.7. The molecule has 0 aliphatic carbocycles. The SMILES string of the molecule is COc1cc(OC)cc(N(CCNC(C)C)c2ccc3ncc(-c4cn[nH]c4)cc3c2)c1. The van der Waals surface area contributed by atoms with Crippen LogP contribution in [0.1, 0.15) is 13.8 Å². The minimum atomic E-state index is 0.412. The summed E-state index contributed by atoms with van der Waals surface area (Å²) in [6.07, 6.45) is 5.56. The first kappa shape index (κ1) is 21.6. The van der Waals surface area contributed by atoms with Crippen LogP contribution in [0.5, 0.6) is 11.5 Å². The lowest BCUT2D eigenvalue weighted by Gasteiger charge is -2.27. The molecule has 7 heteroatoms. The highest BCUT2D eigenvalue weighted by Crippen LogP contribution is 2.34. The molecular formula is C25H29N5O2. The summed E-state index contributed by atoms with van der Waals surface area (Å²) in [5.41, 5.74) is 5.07. The van der Waals surface area contributed by atoms with Crippen LogP contribution in [0.3, 0.4) is 0 Å². The Morgan fingerprint density at radius 2 is 1.72 bits per heavy atom. The molecule has 4 rings (SSSR count). The van der Waals surface area contributed by atoms with E-state index in [9.17, 15) is 0 Å². The fraction of sp³-hybridized carbons (Fsp3) is 0.280. The molecule has 2 heterocycles. The van der Waals surface area contributed by atoms with Crippen molar-refractivity contribution in [1.29, 1.82) is 0 Å². The van der Waals surface area contributed by atoms with Crippen molar-refractivity contribution in [3.8, 4) is 22.6 Å². The minimum absolute atomic E-state index is 0.412. The summed E-state index contributed by atoms with van der Waals surface area (Å²) in [5.74, 6) is 1.51. The number of benzene rings is 2. The number of hydrogen-bond donors (Lipinski definition) is 2. The third-order valence-corrected chi connectivity index (χ3v) is 5.34. The molecule has 2 aromatic heterocycles. The summed E-state index contributed by atoms with van der Waals surface area (Å²) >= 11 is 0. The van der Waals surface area contributed by atoms with Gasteiger partial charge in [-0.2, -0.15) is 5.10 Å². The number of aromatic nitrogens is 3. The summed E-state index contributed by atoms with van der Waals surface area (Å²) < 4.78 is 11.0. The van der Waals surface area contributed by atoms with Gasteiger partial charge in [0.1, 0.15) is 11.5 Å². The zero-order chi connectivity index (χ0) is 22.5. The van der Waals surface area contributed by atoms with Gasteiger partial charge in [-0.05, 0) is 24.3 Å². The van der Waals surface area contributed by atoms with Crippen LogP contribution >= 0.6 is 0 Å². The maximum absolute atomic E-state index is 5.51. The van der Waals surface area contributed by atoms with Gasteiger partial charge in [-0.25, -0.2) is 0 Å². The molecule has 0 saturated carbocycles. The molecule has 0 radical (unpaired) electrons. The van der Waals surface area contributed by atoms with E-state index in [1.807, 2.05) is 30.6 Å². The van der Waals surface area contributed by atoms with E-state index in [-0.39, 0.29) is 0 Å². The molecule has 7 nitrogen and oxygen atoms in total. The number of nitrogens with zero attached hydrogens (tertiary/aromatic N) is 3. The lowest BCUT2D eigenvalue weighted by atomic mass is 10.1. The predicted octanol–water partition coefficient (Wildman–Crippen LogP) is 4.78.